The second-order valence-electron chi connectivity index (χ2n) is 6.10. The average Bonchev–Trinajstić information content (AvgIpc) is 3.03. The summed E-state index contributed by atoms with van der Waals surface area (Å²) in [6, 6.07) is 7.73. The van der Waals surface area contributed by atoms with E-state index in [0.717, 1.165) is 16.8 Å². The third-order valence-corrected chi connectivity index (χ3v) is 3.95. The largest absolute Gasteiger partial charge is 0.470 e. The van der Waals surface area contributed by atoms with Gasteiger partial charge < -0.3 is 15.0 Å². The van der Waals surface area contributed by atoms with Crippen LogP contribution in [0.5, 0.6) is 5.88 Å². The first-order chi connectivity index (χ1) is 12.0. The average molecular weight is 337 g/mol. The summed E-state index contributed by atoms with van der Waals surface area (Å²) in [6.07, 6.45) is 3.41. The normalized spacial score (nSPS) is 16.4. The van der Waals surface area contributed by atoms with Crippen LogP contribution < -0.4 is 10.1 Å². The molecule has 7 heteroatoms. The summed E-state index contributed by atoms with van der Waals surface area (Å²) in [6.45, 7) is 5.02. The first-order valence-corrected chi connectivity index (χ1v) is 8.07. The highest BCUT2D eigenvalue weighted by Crippen LogP contribution is 2.20. The number of benzene rings is 1. The van der Waals surface area contributed by atoms with Crippen LogP contribution in [0.2, 0.25) is 0 Å². The zero-order valence-electron chi connectivity index (χ0n) is 14.2. The van der Waals surface area contributed by atoms with Gasteiger partial charge in [0.05, 0.1) is 6.54 Å². The lowest BCUT2D eigenvalue weighted by Gasteiger charge is -2.18. The monoisotopic (exact) mass is 337 g/mol. The highest BCUT2D eigenvalue weighted by molar-refractivity contribution is 5.89. The molecule has 1 N–H and O–H groups in total. The number of aryl methyl sites for hydroxylation is 2. The van der Waals surface area contributed by atoms with E-state index < -0.39 is 0 Å². The summed E-state index contributed by atoms with van der Waals surface area (Å²) in [7, 11) is 0. The van der Waals surface area contributed by atoms with Gasteiger partial charge in [-0.2, -0.15) is 5.26 Å². The van der Waals surface area contributed by atoms with E-state index in [1.54, 1.807) is 4.90 Å². The van der Waals surface area contributed by atoms with E-state index in [0.29, 0.717) is 19.5 Å². The minimum Gasteiger partial charge on any atom is -0.470 e. The topological polar surface area (TPSA) is 91.1 Å². The summed E-state index contributed by atoms with van der Waals surface area (Å²) in [5, 5.41) is 12.0. The van der Waals surface area contributed by atoms with E-state index in [9.17, 15) is 4.79 Å². The Balaban J connectivity index is 1.60. The molecule has 1 aliphatic rings. The predicted octanol–water partition coefficient (Wildman–Crippen LogP) is 2.65. The minimum atomic E-state index is -0.200. The number of urea groups is 1. The smallest absolute Gasteiger partial charge is 0.321 e. The van der Waals surface area contributed by atoms with Crippen LogP contribution in [0, 0.1) is 25.2 Å². The first-order valence-electron chi connectivity index (χ1n) is 8.07. The summed E-state index contributed by atoms with van der Waals surface area (Å²) in [5.41, 5.74) is 3.14. The van der Waals surface area contributed by atoms with Gasteiger partial charge in [0.25, 0.3) is 5.88 Å². The maximum Gasteiger partial charge on any atom is 0.321 e. The number of anilines is 1. The molecular formula is C18H19N5O2. The Morgan fingerprint density at radius 3 is 2.72 bits per heavy atom. The van der Waals surface area contributed by atoms with Gasteiger partial charge in [-0.25, -0.2) is 14.8 Å². The molecule has 25 heavy (non-hydrogen) atoms. The number of amides is 2. The van der Waals surface area contributed by atoms with Gasteiger partial charge in [-0.05, 0) is 37.1 Å². The molecule has 0 aliphatic carbocycles. The summed E-state index contributed by atoms with van der Waals surface area (Å²) < 4.78 is 5.75. The van der Waals surface area contributed by atoms with Crippen LogP contribution in [0.4, 0.5) is 10.5 Å². The minimum absolute atomic E-state index is 0.153. The van der Waals surface area contributed by atoms with Gasteiger partial charge in [0, 0.05) is 31.0 Å². The Morgan fingerprint density at radius 1 is 1.28 bits per heavy atom. The van der Waals surface area contributed by atoms with Crippen LogP contribution in [0.3, 0.4) is 0 Å². The fourth-order valence-electron chi connectivity index (χ4n) is 2.90. The number of nitrogens with zero attached hydrogens (tertiary/aromatic N) is 4. The number of hydrogen-bond donors (Lipinski definition) is 1. The van der Waals surface area contributed by atoms with Crippen LogP contribution >= 0.6 is 0 Å². The van der Waals surface area contributed by atoms with Gasteiger partial charge in [-0.15, -0.1) is 0 Å². The van der Waals surface area contributed by atoms with Gasteiger partial charge in [0.15, 0.2) is 0 Å². The molecule has 2 aromatic rings. The summed E-state index contributed by atoms with van der Waals surface area (Å²) in [5.74, 6) is 0.214. The van der Waals surface area contributed by atoms with Crippen molar-refractivity contribution in [1.82, 2.24) is 14.9 Å². The number of nitrogens with one attached hydrogen (secondary N) is 1. The second-order valence-corrected chi connectivity index (χ2v) is 6.10. The van der Waals surface area contributed by atoms with Crippen LogP contribution in [0.1, 0.15) is 23.2 Å². The van der Waals surface area contributed by atoms with E-state index in [1.165, 1.54) is 12.4 Å². The number of rotatable bonds is 3. The highest BCUT2D eigenvalue weighted by Gasteiger charge is 2.28. The predicted molar refractivity (Wildman–Crippen MR) is 92.3 cm³/mol. The fourth-order valence-corrected chi connectivity index (χ4v) is 2.90. The van der Waals surface area contributed by atoms with Crippen LogP contribution in [0.25, 0.3) is 0 Å². The lowest BCUT2D eigenvalue weighted by Crippen LogP contribution is -2.34. The molecule has 0 spiro atoms. The molecule has 2 amide bonds. The molecule has 1 aromatic heterocycles. The Hall–Kier alpha value is -3.14. The standard InChI is InChI=1S/C18H19N5O2/c1-12-7-13(2)9-14(8-12)22-18(24)23-6-3-15(11-23)25-17-16(10-19)20-4-5-21-17/h4-5,7-9,15H,3,6,11H2,1-2H3,(H,22,24). The number of hydrogen-bond acceptors (Lipinski definition) is 5. The number of carbonyl (C=O) groups is 1. The molecule has 128 valence electrons. The van der Waals surface area contributed by atoms with Gasteiger partial charge in [0.2, 0.25) is 5.69 Å². The molecule has 1 saturated heterocycles. The van der Waals surface area contributed by atoms with Crippen molar-refractivity contribution in [3.8, 4) is 11.9 Å². The second kappa shape index (κ2) is 7.18. The van der Waals surface area contributed by atoms with Crippen molar-refractivity contribution in [1.29, 1.82) is 5.26 Å². The molecule has 0 saturated carbocycles. The molecule has 0 radical (unpaired) electrons. The summed E-state index contributed by atoms with van der Waals surface area (Å²) in [4.78, 5) is 22.1. The van der Waals surface area contributed by atoms with Crippen LogP contribution in [-0.2, 0) is 0 Å². The third kappa shape index (κ3) is 4.04. The number of nitriles is 1. The van der Waals surface area contributed by atoms with E-state index in [4.69, 9.17) is 10.00 Å². The molecular weight excluding hydrogens is 318 g/mol. The van der Waals surface area contributed by atoms with Crippen molar-refractivity contribution in [3.05, 3.63) is 47.4 Å². The van der Waals surface area contributed by atoms with Crippen molar-refractivity contribution in [2.45, 2.75) is 26.4 Å². The number of aromatic nitrogens is 2. The van der Waals surface area contributed by atoms with Crippen molar-refractivity contribution in [2.75, 3.05) is 18.4 Å². The molecule has 1 unspecified atom stereocenters. The Kier molecular flexibility index (Phi) is 4.80. The molecule has 1 atom stereocenters. The Morgan fingerprint density at radius 2 is 2.00 bits per heavy atom. The van der Waals surface area contributed by atoms with E-state index in [1.807, 2.05) is 32.0 Å². The van der Waals surface area contributed by atoms with Gasteiger partial charge in [-0.3, -0.25) is 0 Å². The molecule has 7 nitrogen and oxygen atoms in total. The highest BCUT2D eigenvalue weighted by atomic mass is 16.5. The zero-order chi connectivity index (χ0) is 17.8. The molecule has 2 heterocycles. The van der Waals surface area contributed by atoms with E-state index in [-0.39, 0.29) is 23.7 Å². The van der Waals surface area contributed by atoms with Gasteiger partial charge >= 0.3 is 6.03 Å². The maximum absolute atomic E-state index is 12.4. The quantitative estimate of drug-likeness (QED) is 0.929. The first kappa shape index (κ1) is 16.7. The van der Waals surface area contributed by atoms with Crippen molar-refractivity contribution in [2.24, 2.45) is 0 Å². The van der Waals surface area contributed by atoms with Gasteiger partial charge in [-0.1, -0.05) is 6.07 Å². The molecule has 3 rings (SSSR count). The third-order valence-electron chi connectivity index (χ3n) is 3.95. The van der Waals surface area contributed by atoms with Crippen molar-refractivity contribution >= 4 is 11.7 Å². The number of likely N-dealkylation sites (tertiary alicyclic amines) is 1. The van der Waals surface area contributed by atoms with Crippen molar-refractivity contribution in [3.63, 3.8) is 0 Å². The van der Waals surface area contributed by atoms with E-state index >= 15 is 0 Å². The molecule has 1 aromatic carbocycles. The lowest BCUT2D eigenvalue weighted by atomic mass is 10.1. The molecule has 1 aliphatic heterocycles. The maximum atomic E-state index is 12.4. The number of ether oxygens (including phenoxy) is 1. The Labute approximate surface area is 146 Å². The zero-order valence-corrected chi connectivity index (χ0v) is 14.2. The van der Waals surface area contributed by atoms with Crippen LogP contribution in [0.15, 0.2) is 30.6 Å². The molecule has 1 fully saturated rings. The van der Waals surface area contributed by atoms with E-state index in [2.05, 4.69) is 21.4 Å². The number of carbonyl (C=O) groups excluding carboxylic acids is 1. The van der Waals surface area contributed by atoms with Crippen molar-refractivity contribution < 1.29 is 9.53 Å². The summed E-state index contributed by atoms with van der Waals surface area (Å²) >= 11 is 0. The molecule has 0 bridgehead atoms. The fraction of sp³-hybridized carbons (Fsp3) is 0.333. The SMILES string of the molecule is Cc1cc(C)cc(NC(=O)N2CCC(Oc3nccnc3C#N)C2)c1. The Bertz CT molecular complexity index is 810. The lowest BCUT2D eigenvalue weighted by molar-refractivity contribution is 0.189. The van der Waals surface area contributed by atoms with Gasteiger partial charge in [0.1, 0.15) is 12.2 Å². The van der Waals surface area contributed by atoms with Crippen LogP contribution in [-0.4, -0.2) is 40.1 Å².